The molecule has 0 aliphatic heterocycles. The lowest BCUT2D eigenvalue weighted by molar-refractivity contribution is 0.0995. The number of methoxy groups -OCH3 is 1. The maximum atomic E-state index is 13.2. The minimum atomic E-state index is -0.628. The number of rotatable bonds is 12. The summed E-state index contributed by atoms with van der Waals surface area (Å²) in [5.41, 5.74) is 9.97. The fraction of sp³-hybridized carbons (Fsp3) is 0.367. The van der Waals surface area contributed by atoms with E-state index in [2.05, 4.69) is 34.6 Å². The molecule has 4 N–H and O–H groups in total. The van der Waals surface area contributed by atoms with Crippen LogP contribution in [0.4, 0.5) is 10.7 Å². The summed E-state index contributed by atoms with van der Waals surface area (Å²) in [6, 6.07) is 12.8. The molecule has 2 aromatic heterocycles. The van der Waals surface area contributed by atoms with Gasteiger partial charge in [0.25, 0.3) is 5.91 Å². The van der Waals surface area contributed by atoms with Gasteiger partial charge in [-0.1, -0.05) is 38.1 Å². The van der Waals surface area contributed by atoms with Gasteiger partial charge in [0.15, 0.2) is 0 Å². The Morgan fingerprint density at radius 1 is 1.10 bits per heavy atom. The minimum Gasteiger partial charge on any atom is -0.494 e. The number of primary amides is 1. The number of ether oxygens (including phenoxy) is 2. The number of carbonyl (C=O) groups is 3. The highest BCUT2D eigenvalue weighted by Crippen LogP contribution is 2.31. The van der Waals surface area contributed by atoms with Crippen LogP contribution >= 0.6 is 0 Å². The summed E-state index contributed by atoms with van der Waals surface area (Å²) in [6.45, 7) is 9.32. The van der Waals surface area contributed by atoms with E-state index in [0.29, 0.717) is 60.1 Å². The van der Waals surface area contributed by atoms with Crippen LogP contribution in [-0.4, -0.2) is 50.9 Å². The number of fused-ring (bicyclic) bond motifs is 1. The number of hydrogen-bond acceptors (Lipinski definition) is 7. The lowest BCUT2D eigenvalue weighted by Gasteiger charge is -2.13. The molecule has 0 radical (unpaired) electrons. The van der Waals surface area contributed by atoms with Crippen molar-refractivity contribution in [3.05, 3.63) is 70.5 Å². The van der Waals surface area contributed by atoms with Gasteiger partial charge >= 0.3 is 6.09 Å². The maximum Gasteiger partial charge on any atom is 0.407 e. The van der Waals surface area contributed by atoms with Crippen molar-refractivity contribution in [3.63, 3.8) is 0 Å². The number of carbonyl (C=O) groups excluding carboxylic acids is 3. The largest absolute Gasteiger partial charge is 0.494 e. The molecule has 0 atom stereocenters. The fourth-order valence-electron chi connectivity index (χ4n) is 4.60. The Balaban J connectivity index is 1.48. The molecule has 0 fully saturated rings. The first-order valence-corrected chi connectivity index (χ1v) is 13.8. The number of aromatic nitrogens is 4. The van der Waals surface area contributed by atoms with Gasteiger partial charge in [0, 0.05) is 25.2 Å². The zero-order valence-electron chi connectivity index (χ0n) is 24.6. The van der Waals surface area contributed by atoms with Gasteiger partial charge in [-0.15, -0.1) is 0 Å². The molecule has 4 aromatic rings. The summed E-state index contributed by atoms with van der Waals surface area (Å²) in [5.74, 6) is 0.0462. The second-order valence-electron chi connectivity index (χ2n) is 10.2. The number of nitrogens with zero attached hydrogens (tertiary/aromatic N) is 4. The molecule has 0 unspecified atom stereocenters. The van der Waals surface area contributed by atoms with Crippen LogP contribution in [0.3, 0.4) is 0 Å². The van der Waals surface area contributed by atoms with Crippen molar-refractivity contribution in [2.24, 2.45) is 5.73 Å². The van der Waals surface area contributed by atoms with E-state index in [1.165, 1.54) is 18.7 Å². The Morgan fingerprint density at radius 3 is 2.48 bits per heavy atom. The lowest BCUT2D eigenvalue weighted by atomic mass is 10.0. The molecule has 0 saturated heterocycles. The second-order valence-corrected chi connectivity index (χ2v) is 10.2. The van der Waals surface area contributed by atoms with Gasteiger partial charge in [0.1, 0.15) is 23.6 Å². The minimum absolute atomic E-state index is 0.166. The van der Waals surface area contributed by atoms with Gasteiger partial charge in [0.05, 0.1) is 18.3 Å². The first-order chi connectivity index (χ1) is 20.1. The molecule has 4 rings (SSSR count). The van der Waals surface area contributed by atoms with E-state index >= 15 is 0 Å². The van der Waals surface area contributed by atoms with E-state index in [4.69, 9.17) is 15.2 Å². The number of benzene rings is 2. The monoisotopic (exact) mass is 575 g/mol. The van der Waals surface area contributed by atoms with E-state index in [0.717, 1.165) is 5.56 Å². The van der Waals surface area contributed by atoms with Crippen molar-refractivity contribution >= 4 is 34.9 Å². The summed E-state index contributed by atoms with van der Waals surface area (Å²) in [7, 11) is 1.48. The SMILES string of the molecule is CCn1nc(C)cc1C(=O)Nc1nc2cc(C(N)=O)cc(OC)c2n1CCCNC(=O)OCc1ccc(C(C)C)cc1. The van der Waals surface area contributed by atoms with Crippen LogP contribution < -0.4 is 21.1 Å². The number of alkyl carbamates (subject to hydrolysis) is 1. The van der Waals surface area contributed by atoms with Gasteiger partial charge in [-0.05, 0) is 55.5 Å². The van der Waals surface area contributed by atoms with E-state index in [1.54, 1.807) is 21.4 Å². The van der Waals surface area contributed by atoms with Gasteiger partial charge < -0.3 is 25.1 Å². The number of nitrogens with one attached hydrogen (secondary N) is 2. The first kappa shape index (κ1) is 30.1. The summed E-state index contributed by atoms with van der Waals surface area (Å²) in [4.78, 5) is 42.0. The molecular formula is C30H37N7O5. The van der Waals surface area contributed by atoms with Crippen LogP contribution in [0.15, 0.2) is 42.5 Å². The zero-order chi connectivity index (χ0) is 30.4. The number of aryl methyl sites for hydroxylation is 3. The van der Waals surface area contributed by atoms with E-state index in [-0.39, 0.29) is 24.0 Å². The number of imidazole rings is 1. The molecule has 0 aliphatic rings. The van der Waals surface area contributed by atoms with Crippen LogP contribution in [0.1, 0.15) is 70.8 Å². The van der Waals surface area contributed by atoms with Crippen molar-refractivity contribution in [1.29, 1.82) is 0 Å². The maximum absolute atomic E-state index is 13.2. The second kappa shape index (κ2) is 13.2. The molecule has 42 heavy (non-hydrogen) atoms. The Morgan fingerprint density at radius 2 is 1.83 bits per heavy atom. The van der Waals surface area contributed by atoms with E-state index in [1.807, 2.05) is 38.1 Å². The molecule has 3 amide bonds. The topological polar surface area (TPSA) is 155 Å². The van der Waals surface area contributed by atoms with Crippen LogP contribution in [0.5, 0.6) is 5.75 Å². The molecule has 2 heterocycles. The van der Waals surface area contributed by atoms with Crippen molar-refractivity contribution in [2.75, 3.05) is 19.0 Å². The molecule has 12 heteroatoms. The molecule has 2 aromatic carbocycles. The molecule has 222 valence electrons. The van der Waals surface area contributed by atoms with Crippen LogP contribution in [0.25, 0.3) is 11.0 Å². The van der Waals surface area contributed by atoms with Gasteiger partial charge in [-0.25, -0.2) is 9.78 Å². The van der Waals surface area contributed by atoms with Crippen molar-refractivity contribution in [3.8, 4) is 5.75 Å². The third-order valence-electron chi connectivity index (χ3n) is 6.81. The van der Waals surface area contributed by atoms with E-state index in [9.17, 15) is 14.4 Å². The van der Waals surface area contributed by atoms with Crippen molar-refractivity contribution < 1.29 is 23.9 Å². The zero-order valence-corrected chi connectivity index (χ0v) is 24.6. The third kappa shape index (κ3) is 6.88. The molecule has 0 aliphatic carbocycles. The van der Waals surface area contributed by atoms with Crippen LogP contribution in [0, 0.1) is 6.92 Å². The van der Waals surface area contributed by atoms with Gasteiger partial charge in [0.2, 0.25) is 11.9 Å². The fourth-order valence-corrected chi connectivity index (χ4v) is 4.60. The summed E-state index contributed by atoms with van der Waals surface area (Å²) in [6.07, 6.45) is -0.0435. The Bertz CT molecular complexity index is 1590. The van der Waals surface area contributed by atoms with Crippen LogP contribution in [0.2, 0.25) is 0 Å². The molecule has 0 spiro atoms. The average Bonchev–Trinajstić information content (AvgIpc) is 3.53. The standard InChI is InChI=1S/C30H37N7O5/c1-6-37-24(14-19(4)35-37)28(39)34-29-33-23-15-22(27(31)38)16-25(41-5)26(23)36(29)13-7-12-32-30(40)42-17-20-8-10-21(11-9-20)18(2)3/h8-11,14-16,18H,6-7,12-13,17H2,1-5H3,(H2,31,38)(H,32,40)(H,33,34,39). The summed E-state index contributed by atoms with van der Waals surface area (Å²) < 4.78 is 14.3. The smallest absolute Gasteiger partial charge is 0.407 e. The number of anilines is 1. The third-order valence-corrected chi connectivity index (χ3v) is 6.81. The molecule has 0 saturated carbocycles. The van der Waals surface area contributed by atoms with E-state index < -0.39 is 12.0 Å². The van der Waals surface area contributed by atoms with Crippen molar-refractivity contribution in [2.45, 2.75) is 59.7 Å². The van der Waals surface area contributed by atoms with Gasteiger partial charge in [-0.2, -0.15) is 5.10 Å². The number of hydrogen-bond donors (Lipinski definition) is 3. The average molecular weight is 576 g/mol. The highest BCUT2D eigenvalue weighted by molar-refractivity contribution is 6.04. The number of amides is 3. The Labute approximate surface area is 244 Å². The number of nitrogens with two attached hydrogens (primary N) is 1. The molecule has 0 bridgehead atoms. The highest BCUT2D eigenvalue weighted by atomic mass is 16.5. The normalized spacial score (nSPS) is 11.1. The first-order valence-electron chi connectivity index (χ1n) is 13.8. The molecule has 12 nitrogen and oxygen atoms in total. The lowest BCUT2D eigenvalue weighted by Crippen LogP contribution is -2.26. The summed E-state index contributed by atoms with van der Waals surface area (Å²) >= 11 is 0. The highest BCUT2D eigenvalue weighted by Gasteiger charge is 2.21. The van der Waals surface area contributed by atoms with Crippen molar-refractivity contribution in [1.82, 2.24) is 24.6 Å². The predicted molar refractivity (Wildman–Crippen MR) is 159 cm³/mol. The summed E-state index contributed by atoms with van der Waals surface area (Å²) in [5, 5.41) is 9.98. The van der Waals surface area contributed by atoms with Gasteiger partial charge in [-0.3, -0.25) is 19.6 Å². The Kier molecular flexibility index (Phi) is 9.46. The molecular weight excluding hydrogens is 538 g/mol. The Hall–Kier alpha value is -4.87. The van der Waals surface area contributed by atoms with Crippen LogP contribution in [-0.2, 0) is 24.4 Å². The quantitative estimate of drug-likeness (QED) is 0.212. The predicted octanol–water partition coefficient (Wildman–Crippen LogP) is 4.36.